The minimum Gasteiger partial charge on any atom is -0.335 e. The van der Waals surface area contributed by atoms with Crippen LogP contribution in [0.25, 0.3) is 5.65 Å². The number of hydrogen-bond acceptors (Lipinski definition) is 4. The van der Waals surface area contributed by atoms with Crippen LogP contribution in [0.4, 0.5) is 4.79 Å². The standard InChI is InChI=1S/C22H34N6O/c1-22(2,3)18-10-11-19-24-25-20(28(19)26-18)16-12-14-27(15-13-16)21(29)23-17-8-6-4-5-7-9-17/h10-11,16-17H,4-9,12-15H2,1-3H3,(H,23,29). The fourth-order valence-corrected chi connectivity index (χ4v) is 4.49. The molecule has 7 heteroatoms. The van der Waals surface area contributed by atoms with Crippen molar-refractivity contribution < 1.29 is 4.79 Å². The van der Waals surface area contributed by atoms with E-state index in [4.69, 9.17) is 5.10 Å². The van der Waals surface area contributed by atoms with Crippen LogP contribution in [0.2, 0.25) is 0 Å². The summed E-state index contributed by atoms with van der Waals surface area (Å²) in [5.41, 5.74) is 1.81. The van der Waals surface area contributed by atoms with Crippen molar-refractivity contribution in [3.63, 3.8) is 0 Å². The Morgan fingerprint density at radius 2 is 1.69 bits per heavy atom. The number of amides is 2. The van der Waals surface area contributed by atoms with Crippen molar-refractivity contribution in [2.75, 3.05) is 13.1 Å². The Kier molecular flexibility index (Phi) is 5.74. The van der Waals surface area contributed by atoms with Crippen LogP contribution < -0.4 is 5.32 Å². The lowest BCUT2D eigenvalue weighted by atomic mass is 9.92. The number of nitrogens with one attached hydrogen (secondary N) is 1. The van der Waals surface area contributed by atoms with Gasteiger partial charge in [0.2, 0.25) is 0 Å². The van der Waals surface area contributed by atoms with Gasteiger partial charge in [-0.15, -0.1) is 10.2 Å². The van der Waals surface area contributed by atoms with E-state index in [1.165, 1.54) is 25.7 Å². The van der Waals surface area contributed by atoms with E-state index in [0.29, 0.717) is 6.04 Å². The minimum atomic E-state index is -0.0187. The SMILES string of the molecule is CC(C)(C)c1ccc2nnc(C3CCN(C(=O)NC4CCCCCC4)CC3)n2n1. The fourth-order valence-electron chi connectivity index (χ4n) is 4.49. The molecular weight excluding hydrogens is 364 g/mol. The smallest absolute Gasteiger partial charge is 0.317 e. The zero-order valence-corrected chi connectivity index (χ0v) is 18.0. The Bertz CT molecular complexity index is 839. The van der Waals surface area contributed by atoms with Gasteiger partial charge in [0.05, 0.1) is 5.69 Å². The van der Waals surface area contributed by atoms with E-state index >= 15 is 0 Å². The van der Waals surface area contributed by atoms with Crippen LogP contribution >= 0.6 is 0 Å². The predicted molar refractivity (Wildman–Crippen MR) is 113 cm³/mol. The molecule has 0 unspecified atom stereocenters. The summed E-state index contributed by atoms with van der Waals surface area (Å²) >= 11 is 0. The van der Waals surface area contributed by atoms with Crippen molar-refractivity contribution in [3.8, 4) is 0 Å². The topological polar surface area (TPSA) is 75.4 Å². The summed E-state index contributed by atoms with van der Waals surface area (Å²) in [5, 5.41) is 16.9. The molecule has 2 aromatic rings. The first-order valence-corrected chi connectivity index (χ1v) is 11.2. The van der Waals surface area contributed by atoms with Crippen LogP contribution in [0.15, 0.2) is 12.1 Å². The summed E-state index contributed by atoms with van der Waals surface area (Å²) in [7, 11) is 0. The lowest BCUT2D eigenvalue weighted by Gasteiger charge is -2.32. The van der Waals surface area contributed by atoms with E-state index in [-0.39, 0.29) is 17.4 Å². The van der Waals surface area contributed by atoms with Crippen LogP contribution in [-0.2, 0) is 5.41 Å². The summed E-state index contributed by atoms with van der Waals surface area (Å²) < 4.78 is 1.91. The third-order valence-electron chi connectivity index (χ3n) is 6.39. The molecule has 2 aromatic heterocycles. The second-order valence-electron chi connectivity index (χ2n) is 9.70. The van der Waals surface area contributed by atoms with Gasteiger partial charge in [-0.05, 0) is 37.8 Å². The van der Waals surface area contributed by atoms with E-state index in [1.54, 1.807) is 0 Å². The second-order valence-corrected chi connectivity index (χ2v) is 9.70. The van der Waals surface area contributed by atoms with E-state index in [9.17, 15) is 4.79 Å². The highest BCUT2D eigenvalue weighted by molar-refractivity contribution is 5.74. The Morgan fingerprint density at radius 3 is 2.34 bits per heavy atom. The highest BCUT2D eigenvalue weighted by atomic mass is 16.2. The van der Waals surface area contributed by atoms with E-state index in [1.807, 2.05) is 21.5 Å². The lowest BCUT2D eigenvalue weighted by Crippen LogP contribution is -2.47. The Morgan fingerprint density at radius 1 is 1.00 bits per heavy atom. The molecule has 158 valence electrons. The zero-order chi connectivity index (χ0) is 20.4. The fraction of sp³-hybridized carbons (Fsp3) is 0.727. The van der Waals surface area contributed by atoms with E-state index < -0.39 is 0 Å². The maximum absolute atomic E-state index is 12.7. The normalized spacial score (nSPS) is 20.0. The summed E-state index contributed by atoms with van der Waals surface area (Å²) in [6.07, 6.45) is 9.11. The number of fused-ring (bicyclic) bond motifs is 1. The number of piperidine rings is 1. The first-order chi connectivity index (χ1) is 13.9. The Hall–Kier alpha value is -2.18. The third kappa shape index (κ3) is 4.54. The van der Waals surface area contributed by atoms with Crippen molar-refractivity contribution in [1.29, 1.82) is 0 Å². The van der Waals surface area contributed by atoms with Gasteiger partial charge in [0, 0.05) is 30.5 Å². The van der Waals surface area contributed by atoms with Gasteiger partial charge >= 0.3 is 6.03 Å². The number of aromatic nitrogens is 4. The first kappa shape index (κ1) is 20.1. The largest absolute Gasteiger partial charge is 0.335 e. The molecule has 0 aromatic carbocycles. The molecule has 2 fully saturated rings. The van der Waals surface area contributed by atoms with E-state index in [2.05, 4.69) is 36.3 Å². The Balaban J connectivity index is 1.40. The van der Waals surface area contributed by atoms with Crippen LogP contribution in [0, 0.1) is 0 Å². The molecule has 29 heavy (non-hydrogen) atoms. The van der Waals surface area contributed by atoms with E-state index in [0.717, 1.165) is 55.9 Å². The number of nitrogens with zero attached hydrogens (tertiary/aromatic N) is 5. The number of urea groups is 1. The van der Waals surface area contributed by atoms with Crippen LogP contribution in [-0.4, -0.2) is 49.9 Å². The number of carbonyl (C=O) groups excluding carboxylic acids is 1. The van der Waals surface area contributed by atoms with Gasteiger partial charge in [-0.1, -0.05) is 46.5 Å². The summed E-state index contributed by atoms with van der Waals surface area (Å²) in [6, 6.07) is 4.49. The Labute approximate surface area is 173 Å². The maximum Gasteiger partial charge on any atom is 0.317 e. The molecule has 0 radical (unpaired) electrons. The molecule has 1 aliphatic carbocycles. The molecular formula is C22H34N6O. The van der Waals surface area contributed by atoms with Gasteiger partial charge in [-0.2, -0.15) is 9.61 Å². The van der Waals surface area contributed by atoms with Crippen molar-refractivity contribution in [2.45, 2.75) is 89.5 Å². The molecule has 0 spiro atoms. The minimum absolute atomic E-state index is 0.0187. The van der Waals surface area contributed by atoms with Crippen molar-refractivity contribution in [3.05, 3.63) is 23.7 Å². The monoisotopic (exact) mass is 398 g/mol. The molecule has 1 saturated carbocycles. The van der Waals surface area contributed by atoms with Gasteiger partial charge in [-0.3, -0.25) is 0 Å². The van der Waals surface area contributed by atoms with Crippen LogP contribution in [0.3, 0.4) is 0 Å². The van der Waals surface area contributed by atoms with Gasteiger partial charge < -0.3 is 10.2 Å². The molecule has 3 heterocycles. The quantitative estimate of drug-likeness (QED) is 0.775. The molecule has 0 bridgehead atoms. The predicted octanol–water partition coefficient (Wildman–Crippen LogP) is 4.03. The molecule has 2 aliphatic rings. The third-order valence-corrected chi connectivity index (χ3v) is 6.39. The van der Waals surface area contributed by atoms with Crippen molar-refractivity contribution in [1.82, 2.24) is 30.0 Å². The van der Waals surface area contributed by atoms with Crippen molar-refractivity contribution in [2.24, 2.45) is 0 Å². The maximum atomic E-state index is 12.7. The highest BCUT2D eigenvalue weighted by Gasteiger charge is 2.29. The molecule has 1 saturated heterocycles. The number of rotatable bonds is 2. The number of hydrogen-bond donors (Lipinski definition) is 1. The average molecular weight is 399 g/mol. The first-order valence-electron chi connectivity index (χ1n) is 11.2. The number of carbonyl (C=O) groups is 1. The molecule has 1 N–H and O–H groups in total. The summed E-state index contributed by atoms with van der Waals surface area (Å²) in [5.74, 6) is 1.21. The van der Waals surface area contributed by atoms with Crippen LogP contribution in [0.5, 0.6) is 0 Å². The van der Waals surface area contributed by atoms with Gasteiger partial charge in [0.15, 0.2) is 11.5 Å². The summed E-state index contributed by atoms with van der Waals surface area (Å²) in [4.78, 5) is 14.7. The lowest BCUT2D eigenvalue weighted by molar-refractivity contribution is 0.175. The van der Waals surface area contributed by atoms with Gasteiger partial charge in [-0.25, -0.2) is 4.79 Å². The molecule has 1 aliphatic heterocycles. The number of likely N-dealkylation sites (tertiary alicyclic amines) is 1. The molecule has 7 nitrogen and oxygen atoms in total. The molecule has 2 amide bonds. The van der Waals surface area contributed by atoms with Crippen molar-refractivity contribution >= 4 is 11.7 Å². The second kappa shape index (κ2) is 8.28. The molecule has 0 atom stereocenters. The molecule has 4 rings (SSSR count). The zero-order valence-electron chi connectivity index (χ0n) is 18.0. The van der Waals surface area contributed by atoms with Crippen LogP contribution in [0.1, 0.15) is 89.6 Å². The van der Waals surface area contributed by atoms with Gasteiger partial charge in [0.25, 0.3) is 0 Å². The summed E-state index contributed by atoms with van der Waals surface area (Å²) in [6.45, 7) is 8.01. The average Bonchev–Trinajstić information content (AvgIpc) is 2.96. The van der Waals surface area contributed by atoms with Gasteiger partial charge in [0.1, 0.15) is 0 Å². The highest BCUT2D eigenvalue weighted by Crippen LogP contribution is 2.28.